The maximum Gasteiger partial charge on any atom is 0.170 e. The maximum atomic E-state index is 11.9. The number of carbonyl (C=O) groups is 2. The molecule has 2 rings (SSSR count). The fraction of sp³-hybridized carbons (Fsp3) is 0.0588. The number of hydrogen-bond donors (Lipinski definition) is 1. The Bertz CT molecular complexity index is 687. The average molecular weight is 301 g/mol. The van der Waals surface area contributed by atoms with Crippen LogP contribution in [0.15, 0.2) is 54.6 Å². The van der Waals surface area contributed by atoms with Gasteiger partial charge >= 0.3 is 0 Å². The summed E-state index contributed by atoms with van der Waals surface area (Å²) < 4.78 is 0. The lowest BCUT2D eigenvalue weighted by Crippen LogP contribution is -2.05. The standard InChI is InChI=1S/C17H13ClO3/c18-14-3-1-2-13(10-14)17(21)11-16(20)9-6-12-4-7-15(19)8-5-12/h1-10,19H,11H2. The molecule has 2 aromatic rings. The number of Topliss-reactive ketones (excluding diaryl/α,β-unsaturated/α-hetero) is 1. The summed E-state index contributed by atoms with van der Waals surface area (Å²) in [6.45, 7) is 0. The molecular formula is C17H13ClO3. The number of hydrogen-bond acceptors (Lipinski definition) is 3. The lowest BCUT2D eigenvalue weighted by molar-refractivity contribution is -0.113. The van der Waals surface area contributed by atoms with Crippen molar-refractivity contribution >= 4 is 29.2 Å². The van der Waals surface area contributed by atoms with Crippen molar-refractivity contribution in [1.29, 1.82) is 0 Å². The number of phenols is 1. The zero-order valence-corrected chi connectivity index (χ0v) is 11.9. The van der Waals surface area contributed by atoms with Crippen LogP contribution in [0.3, 0.4) is 0 Å². The van der Waals surface area contributed by atoms with Crippen molar-refractivity contribution < 1.29 is 14.7 Å². The van der Waals surface area contributed by atoms with Crippen molar-refractivity contribution in [1.82, 2.24) is 0 Å². The van der Waals surface area contributed by atoms with Gasteiger partial charge in [0.05, 0.1) is 6.42 Å². The molecule has 106 valence electrons. The highest BCUT2D eigenvalue weighted by atomic mass is 35.5. The van der Waals surface area contributed by atoms with Crippen LogP contribution in [0.25, 0.3) is 6.08 Å². The fourth-order valence-corrected chi connectivity index (χ4v) is 1.95. The number of aromatic hydroxyl groups is 1. The molecule has 0 aliphatic heterocycles. The number of ketones is 2. The minimum atomic E-state index is -0.284. The Labute approximate surface area is 127 Å². The molecule has 0 aliphatic carbocycles. The Balaban J connectivity index is 1.98. The molecule has 0 amide bonds. The monoisotopic (exact) mass is 300 g/mol. The predicted molar refractivity (Wildman–Crippen MR) is 82.5 cm³/mol. The summed E-state index contributed by atoms with van der Waals surface area (Å²) in [4.78, 5) is 23.7. The molecule has 2 aromatic carbocycles. The number of phenolic OH excluding ortho intramolecular Hbond substituents is 1. The summed E-state index contributed by atoms with van der Waals surface area (Å²) in [6, 6.07) is 12.9. The third-order valence-corrected chi connectivity index (χ3v) is 3.07. The van der Waals surface area contributed by atoms with E-state index in [1.807, 2.05) is 0 Å². The molecule has 0 saturated heterocycles. The SMILES string of the molecule is O=C(C=Cc1ccc(O)cc1)CC(=O)c1cccc(Cl)c1. The first kappa shape index (κ1) is 15.0. The highest BCUT2D eigenvalue weighted by molar-refractivity contribution is 6.31. The Hall–Kier alpha value is -2.39. The lowest BCUT2D eigenvalue weighted by atomic mass is 10.1. The van der Waals surface area contributed by atoms with Gasteiger partial charge in [-0.3, -0.25) is 9.59 Å². The van der Waals surface area contributed by atoms with Crippen molar-refractivity contribution in [3.8, 4) is 5.75 Å². The van der Waals surface area contributed by atoms with E-state index in [1.165, 1.54) is 18.2 Å². The van der Waals surface area contributed by atoms with Gasteiger partial charge in [-0.1, -0.05) is 41.9 Å². The number of carbonyl (C=O) groups excluding carboxylic acids is 2. The van der Waals surface area contributed by atoms with Crippen LogP contribution < -0.4 is 0 Å². The maximum absolute atomic E-state index is 11.9. The van der Waals surface area contributed by atoms with E-state index in [1.54, 1.807) is 42.5 Å². The van der Waals surface area contributed by atoms with Crippen LogP contribution in [0.2, 0.25) is 5.02 Å². The number of benzene rings is 2. The molecule has 0 saturated carbocycles. The van der Waals surface area contributed by atoms with Gasteiger partial charge in [-0.05, 0) is 35.9 Å². The summed E-state index contributed by atoms with van der Waals surface area (Å²) in [5.74, 6) is -0.388. The third-order valence-electron chi connectivity index (χ3n) is 2.84. The minimum Gasteiger partial charge on any atom is -0.508 e. The van der Waals surface area contributed by atoms with Gasteiger partial charge in [-0.2, -0.15) is 0 Å². The van der Waals surface area contributed by atoms with Crippen LogP contribution in [0.5, 0.6) is 5.75 Å². The molecule has 0 aliphatic rings. The fourth-order valence-electron chi connectivity index (χ4n) is 1.76. The van der Waals surface area contributed by atoms with Gasteiger partial charge in [-0.15, -0.1) is 0 Å². The van der Waals surface area contributed by atoms with Crippen molar-refractivity contribution in [2.45, 2.75) is 6.42 Å². The number of rotatable bonds is 5. The zero-order chi connectivity index (χ0) is 15.2. The van der Waals surface area contributed by atoms with Gasteiger partial charge in [0.1, 0.15) is 5.75 Å². The quantitative estimate of drug-likeness (QED) is 0.517. The second-order valence-electron chi connectivity index (χ2n) is 4.50. The van der Waals surface area contributed by atoms with Crippen molar-refractivity contribution in [3.05, 3.63) is 70.8 Å². The number of allylic oxidation sites excluding steroid dienone is 1. The van der Waals surface area contributed by atoms with E-state index in [9.17, 15) is 9.59 Å². The van der Waals surface area contributed by atoms with Gasteiger partial charge < -0.3 is 5.11 Å². The summed E-state index contributed by atoms with van der Waals surface area (Å²) in [5.41, 5.74) is 1.20. The molecule has 21 heavy (non-hydrogen) atoms. The number of halogens is 1. The van der Waals surface area contributed by atoms with E-state index in [-0.39, 0.29) is 23.7 Å². The van der Waals surface area contributed by atoms with Crippen LogP contribution in [0.1, 0.15) is 22.3 Å². The summed E-state index contributed by atoms with van der Waals surface area (Å²) >= 11 is 5.81. The molecule has 0 atom stereocenters. The summed E-state index contributed by atoms with van der Waals surface area (Å²) in [7, 11) is 0. The van der Waals surface area contributed by atoms with Gasteiger partial charge in [0.25, 0.3) is 0 Å². The molecule has 0 unspecified atom stereocenters. The van der Waals surface area contributed by atoms with Crippen LogP contribution in [-0.4, -0.2) is 16.7 Å². The summed E-state index contributed by atoms with van der Waals surface area (Å²) in [6.07, 6.45) is 2.76. The first-order valence-corrected chi connectivity index (χ1v) is 6.71. The largest absolute Gasteiger partial charge is 0.508 e. The Kier molecular flexibility index (Phi) is 4.90. The molecule has 0 heterocycles. The first-order chi connectivity index (χ1) is 10.0. The van der Waals surface area contributed by atoms with Crippen molar-refractivity contribution in [3.63, 3.8) is 0 Å². The second-order valence-corrected chi connectivity index (χ2v) is 4.94. The van der Waals surface area contributed by atoms with E-state index in [2.05, 4.69) is 0 Å². The first-order valence-electron chi connectivity index (χ1n) is 6.33. The Morgan fingerprint density at radius 1 is 1.10 bits per heavy atom. The highest BCUT2D eigenvalue weighted by Gasteiger charge is 2.10. The highest BCUT2D eigenvalue weighted by Crippen LogP contribution is 2.13. The molecular weight excluding hydrogens is 288 g/mol. The Morgan fingerprint density at radius 3 is 2.48 bits per heavy atom. The predicted octanol–water partition coefficient (Wildman–Crippen LogP) is 3.90. The van der Waals surface area contributed by atoms with Gasteiger partial charge in [0.2, 0.25) is 0 Å². The summed E-state index contributed by atoms with van der Waals surface area (Å²) in [5, 5.41) is 9.62. The third kappa shape index (κ3) is 4.58. The molecule has 1 N–H and O–H groups in total. The van der Waals surface area contributed by atoms with Crippen LogP contribution in [0, 0.1) is 0 Å². The molecule has 0 radical (unpaired) electrons. The molecule has 0 fully saturated rings. The zero-order valence-electron chi connectivity index (χ0n) is 11.1. The molecule has 0 spiro atoms. The topological polar surface area (TPSA) is 54.4 Å². The molecule has 0 aromatic heterocycles. The van der Waals surface area contributed by atoms with E-state index < -0.39 is 0 Å². The second kappa shape index (κ2) is 6.86. The average Bonchev–Trinajstić information content (AvgIpc) is 2.46. The van der Waals surface area contributed by atoms with E-state index in [0.29, 0.717) is 10.6 Å². The Morgan fingerprint density at radius 2 is 1.81 bits per heavy atom. The van der Waals surface area contributed by atoms with Gasteiger partial charge in [0.15, 0.2) is 11.6 Å². The van der Waals surface area contributed by atoms with E-state index in [4.69, 9.17) is 16.7 Å². The minimum absolute atomic E-state index is 0.162. The normalized spacial score (nSPS) is 10.7. The van der Waals surface area contributed by atoms with Crippen molar-refractivity contribution in [2.75, 3.05) is 0 Å². The van der Waals surface area contributed by atoms with Gasteiger partial charge in [-0.25, -0.2) is 0 Å². The van der Waals surface area contributed by atoms with Crippen LogP contribution in [0.4, 0.5) is 0 Å². The lowest BCUT2D eigenvalue weighted by Gasteiger charge is -1.99. The molecule has 3 nitrogen and oxygen atoms in total. The van der Waals surface area contributed by atoms with E-state index in [0.717, 1.165) is 5.56 Å². The van der Waals surface area contributed by atoms with Crippen LogP contribution >= 0.6 is 11.6 Å². The smallest absolute Gasteiger partial charge is 0.170 e. The molecule has 0 bridgehead atoms. The van der Waals surface area contributed by atoms with E-state index >= 15 is 0 Å². The molecule has 4 heteroatoms. The van der Waals surface area contributed by atoms with Gasteiger partial charge in [0, 0.05) is 10.6 Å². The van der Waals surface area contributed by atoms with Crippen LogP contribution in [-0.2, 0) is 4.79 Å². The van der Waals surface area contributed by atoms with Crippen molar-refractivity contribution in [2.24, 2.45) is 0 Å².